The summed E-state index contributed by atoms with van der Waals surface area (Å²) < 4.78 is 6.67. The Bertz CT molecular complexity index is 896. The number of benzene rings is 1. The monoisotopic (exact) mass is 369 g/mol. The van der Waals surface area contributed by atoms with Crippen molar-refractivity contribution >= 4 is 17.5 Å². The first-order valence-electron chi connectivity index (χ1n) is 9.03. The highest BCUT2D eigenvalue weighted by Crippen LogP contribution is 2.16. The zero-order chi connectivity index (χ0) is 19.4. The topological polar surface area (TPSA) is 80.6 Å². The van der Waals surface area contributed by atoms with Crippen LogP contribution in [0.2, 0.25) is 0 Å². The van der Waals surface area contributed by atoms with Crippen LogP contribution in [0.5, 0.6) is 5.75 Å². The van der Waals surface area contributed by atoms with E-state index in [9.17, 15) is 14.4 Å². The summed E-state index contributed by atoms with van der Waals surface area (Å²) >= 11 is 0. The van der Waals surface area contributed by atoms with Crippen molar-refractivity contribution in [3.05, 3.63) is 58.0 Å². The molecule has 3 rings (SSSR count). The number of ether oxygens (including phenoxy) is 1. The normalized spacial score (nSPS) is 13.5. The van der Waals surface area contributed by atoms with Crippen molar-refractivity contribution in [1.29, 1.82) is 0 Å². The van der Waals surface area contributed by atoms with Gasteiger partial charge in [-0.15, -0.1) is 0 Å². The first-order chi connectivity index (χ1) is 13.0. The molecule has 0 bridgehead atoms. The van der Waals surface area contributed by atoms with Crippen molar-refractivity contribution in [2.24, 2.45) is 7.05 Å². The third-order valence-electron chi connectivity index (χ3n) is 4.50. The van der Waals surface area contributed by atoms with E-state index in [0.717, 1.165) is 25.9 Å². The Morgan fingerprint density at radius 3 is 2.41 bits per heavy atom. The standard InChI is InChI=1S/C20H23N3O4/c1-3-27-16-8-6-14(7-9-16)18(24)21-17-12-15(13-22(2)20(17)26)19(25)23-10-4-5-11-23/h6-9,12-13H,3-5,10-11H2,1-2H3,(H,21,24). The van der Waals surface area contributed by atoms with E-state index in [4.69, 9.17) is 4.74 Å². The number of aromatic nitrogens is 1. The number of carbonyl (C=O) groups is 2. The van der Waals surface area contributed by atoms with Crippen LogP contribution in [0, 0.1) is 0 Å². The predicted molar refractivity (Wildman–Crippen MR) is 102 cm³/mol. The van der Waals surface area contributed by atoms with Gasteiger partial charge in [-0.05, 0) is 50.1 Å². The zero-order valence-corrected chi connectivity index (χ0v) is 15.5. The second kappa shape index (κ2) is 8.07. The molecule has 0 spiro atoms. The second-order valence-electron chi connectivity index (χ2n) is 6.47. The number of anilines is 1. The average Bonchev–Trinajstić information content (AvgIpc) is 3.20. The predicted octanol–water partition coefficient (Wildman–Crippen LogP) is 2.27. The molecule has 1 aliphatic rings. The number of amides is 2. The number of carbonyl (C=O) groups excluding carboxylic acids is 2. The van der Waals surface area contributed by atoms with E-state index in [1.54, 1.807) is 36.2 Å². The molecule has 1 aliphatic heterocycles. The highest BCUT2D eigenvalue weighted by Gasteiger charge is 2.21. The van der Waals surface area contributed by atoms with Gasteiger partial charge in [0.15, 0.2) is 0 Å². The van der Waals surface area contributed by atoms with Crippen LogP contribution in [-0.4, -0.2) is 41.0 Å². The minimum Gasteiger partial charge on any atom is -0.494 e. The summed E-state index contributed by atoms with van der Waals surface area (Å²) in [5.74, 6) is 0.128. The number of pyridine rings is 1. The van der Waals surface area contributed by atoms with Crippen molar-refractivity contribution in [2.45, 2.75) is 19.8 Å². The molecular formula is C20H23N3O4. The van der Waals surface area contributed by atoms with Crippen molar-refractivity contribution in [3.8, 4) is 5.75 Å². The molecule has 142 valence electrons. The fourth-order valence-corrected chi connectivity index (χ4v) is 3.08. The molecule has 1 saturated heterocycles. The van der Waals surface area contributed by atoms with E-state index in [1.807, 2.05) is 6.92 Å². The number of nitrogens with one attached hydrogen (secondary N) is 1. The van der Waals surface area contributed by atoms with E-state index in [0.29, 0.717) is 23.5 Å². The molecule has 1 aromatic heterocycles. The molecule has 0 aliphatic carbocycles. The summed E-state index contributed by atoms with van der Waals surface area (Å²) in [6, 6.07) is 8.11. The maximum atomic E-state index is 12.6. The molecule has 0 radical (unpaired) electrons. The van der Waals surface area contributed by atoms with Gasteiger partial charge >= 0.3 is 0 Å². The lowest BCUT2D eigenvalue weighted by molar-refractivity contribution is 0.0791. The first-order valence-corrected chi connectivity index (χ1v) is 9.03. The maximum absolute atomic E-state index is 12.6. The van der Waals surface area contributed by atoms with Crippen molar-refractivity contribution in [2.75, 3.05) is 25.0 Å². The van der Waals surface area contributed by atoms with Crippen molar-refractivity contribution in [1.82, 2.24) is 9.47 Å². The molecule has 1 N–H and O–H groups in total. The Kier molecular flexibility index (Phi) is 5.59. The Labute approximate surface area is 157 Å². The van der Waals surface area contributed by atoms with Crippen LogP contribution in [0.4, 0.5) is 5.69 Å². The maximum Gasteiger partial charge on any atom is 0.274 e. The van der Waals surface area contributed by atoms with Gasteiger partial charge in [0, 0.05) is 31.9 Å². The third kappa shape index (κ3) is 4.19. The molecule has 2 aromatic rings. The molecular weight excluding hydrogens is 346 g/mol. The third-order valence-corrected chi connectivity index (χ3v) is 4.50. The van der Waals surface area contributed by atoms with Gasteiger partial charge in [-0.25, -0.2) is 0 Å². The fraction of sp³-hybridized carbons (Fsp3) is 0.350. The zero-order valence-electron chi connectivity index (χ0n) is 15.5. The Morgan fingerprint density at radius 1 is 1.11 bits per heavy atom. The highest BCUT2D eigenvalue weighted by atomic mass is 16.5. The van der Waals surface area contributed by atoms with Crippen LogP contribution in [0.1, 0.15) is 40.5 Å². The molecule has 0 unspecified atom stereocenters. The molecule has 1 aromatic carbocycles. The number of likely N-dealkylation sites (tertiary alicyclic amines) is 1. The number of nitrogens with zero attached hydrogens (tertiary/aromatic N) is 2. The quantitative estimate of drug-likeness (QED) is 0.877. The van der Waals surface area contributed by atoms with Crippen LogP contribution in [0.25, 0.3) is 0 Å². The highest BCUT2D eigenvalue weighted by molar-refractivity contribution is 6.05. The van der Waals surface area contributed by atoms with E-state index in [1.165, 1.54) is 16.8 Å². The lowest BCUT2D eigenvalue weighted by atomic mass is 10.2. The lowest BCUT2D eigenvalue weighted by Crippen LogP contribution is -2.30. The largest absolute Gasteiger partial charge is 0.494 e. The van der Waals surface area contributed by atoms with Gasteiger partial charge in [0.2, 0.25) is 0 Å². The summed E-state index contributed by atoms with van der Waals surface area (Å²) in [6.45, 7) is 3.86. The second-order valence-corrected chi connectivity index (χ2v) is 6.47. The van der Waals surface area contributed by atoms with Gasteiger partial charge in [-0.2, -0.15) is 0 Å². The Hall–Kier alpha value is -3.09. The Balaban J connectivity index is 1.82. The molecule has 2 heterocycles. The van der Waals surface area contributed by atoms with Crippen LogP contribution in [0.3, 0.4) is 0 Å². The van der Waals surface area contributed by atoms with E-state index in [-0.39, 0.29) is 17.2 Å². The van der Waals surface area contributed by atoms with Gasteiger partial charge in [-0.1, -0.05) is 0 Å². The van der Waals surface area contributed by atoms with Gasteiger partial charge in [-0.3, -0.25) is 14.4 Å². The smallest absolute Gasteiger partial charge is 0.274 e. The van der Waals surface area contributed by atoms with E-state index in [2.05, 4.69) is 5.32 Å². The van der Waals surface area contributed by atoms with Crippen LogP contribution in [0.15, 0.2) is 41.3 Å². The lowest BCUT2D eigenvalue weighted by Gasteiger charge is -2.16. The Morgan fingerprint density at radius 2 is 1.78 bits per heavy atom. The van der Waals surface area contributed by atoms with E-state index < -0.39 is 5.91 Å². The number of hydrogen-bond donors (Lipinski definition) is 1. The van der Waals surface area contributed by atoms with Gasteiger partial charge in [0.1, 0.15) is 11.4 Å². The molecule has 2 amide bonds. The summed E-state index contributed by atoms with van der Waals surface area (Å²) in [5.41, 5.74) is 0.506. The molecule has 7 nitrogen and oxygen atoms in total. The summed E-state index contributed by atoms with van der Waals surface area (Å²) in [4.78, 5) is 39.2. The van der Waals surface area contributed by atoms with Gasteiger partial charge in [0.05, 0.1) is 12.2 Å². The summed E-state index contributed by atoms with van der Waals surface area (Å²) in [7, 11) is 1.57. The van der Waals surface area contributed by atoms with Gasteiger partial charge in [0.25, 0.3) is 17.4 Å². The van der Waals surface area contributed by atoms with Crippen molar-refractivity contribution in [3.63, 3.8) is 0 Å². The average molecular weight is 369 g/mol. The van der Waals surface area contributed by atoms with Crippen LogP contribution in [-0.2, 0) is 7.05 Å². The molecule has 0 atom stereocenters. The number of hydrogen-bond acceptors (Lipinski definition) is 4. The molecule has 1 fully saturated rings. The number of rotatable bonds is 5. The van der Waals surface area contributed by atoms with E-state index >= 15 is 0 Å². The number of aryl methyl sites for hydroxylation is 1. The minimum absolute atomic E-state index is 0.0847. The first kappa shape index (κ1) is 18.7. The molecule has 7 heteroatoms. The summed E-state index contributed by atoms with van der Waals surface area (Å²) in [6.07, 6.45) is 3.48. The molecule has 27 heavy (non-hydrogen) atoms. The summed E-state index contributed by atoms with van der Waals surface area (Å²) in [5, 5.41) is 2.62. The van der Waals surface area contributed by atoms with Crippen LogP contribution < -0.4 is 15.6 Å². The SMILES string of the molecule is CCOc1ccc(C(=O)Nc2cc(C(=O)N3CCCC3)cn(C)c2=O)cc1. The van der Waals surface area contributed by atoms with Crippen LogP contribution >= 0.6 is 0 Å². The fourth-order valence-electron chi connectivity index (χ4n) is 3.08. The molecule has 0 saturated carbocycles. The van der Waals surface area contributed by atoms with Crippen molar-refractivity contribution < 1.29 is 14.3 Å². The minimum atomic E-state index is -0.416. The van der Waals surface area contributed by atoms with Gasteiger partial charge < -0.3 is 19.5 Å².